The first-order valence-electron chi connectivity index (χ1n) is 9.86. The molecule has 1 fully saturated rings. The number of nitrogens with zero attached hydrogens (tertiary/aromatic N) is 6. The van der Waals surface area contributed by atoms with E-state index in [9.17, 15) is 18.0 Å². The third-order valence-corrected chi connectivity index (χ3v) is 5.25. The summed E-state index contributed by atoms with van der Waals surface area (Å²) in [4.78, 5) is 27.9. The first-order valence-corrected chi connectivity index (χ1v) is 9.86. The van der Waals surface area contributed by atoms with Crippen molar-refractivity contribution < 1.29 is 22.5 Å². The predicted octanol–water partition coefficient (Wildman–Crippen LogP) is 3.66. The quantitative estimate of drug-likeness (QED) is 0.491. The van der Waals surface area contributed by atoms with E-state index in [0.29, 0.717) is 29.6 Å². The summed E-state index contributed by atoms with van der Waals surface area (Å²) in [6.45, 7) is 1.30. The smallest absolute Gasteiger partial charge is 0.339 e. The highest BCUT2D eigenvalue weighted by atomic mass is 19.4. The van der Waals surface area contributed by atoms with Gasteiger partial charge < -0.3 is 9.42 Å². The number of aromatic nitrogens is 5. The summed E-state index contributed by atoms with van der Waals surface area (Å²) >= 11 is 0. The van der Waals surface area contributed by atoms with Gasteiger partial charge in [-0.3, -0.25) is 14.2 Å². The van der Waals surface area contributed by atoms with Crippen molar-refractivity contribution in [1.29, 1.82) is 0 Å². The lowest BCUT2D eigenvalue weighted by Gasteiger charge is -2.14. The molecule has 1 amide bonds. The lowest BCUT2D eigenvalue weighted by molar-refractivity contribution is -0.134. The standard InChI is InChI=1S/C20H17F3N6O2/c21-20(22,23)8-7-15-25-17(27-31-15)16-14-11-24-12-5-1-2-6-13(12)29(14)18(26-16)19(30)28-9-3-4-10-28/h1-2,5-6,11H,3-4,7-10H2. The second-order valence-electron chi connectivity index (χ2n) is 7.38. The lowest BCUT2D eigenvalue weighted by atomic mass is 10.2. The number of carbonyl (C=O) groups excluding carboxylic acids is 1. The van der Waals surface area contributed by atoms with Crippen molar-refractivity contribution in [2.24, 2.45) is 0 Å². The third-order valence-electron chi connectivity index (χ3n) is 5.25. The maximum atomic E-state index is 13.2. The van der Waals surface area contributed by atoms with E-state index in [1.54, 1.807) is 15.5 Å². The molecule has 0 radical (unpaired) electrons. The molecule has 0 bridgehead atoms. The predicted molar refractivity (Wildman–Crippen MR) is 103 cm³/mol. The fraction of sp³-hybridized carbons (Fsp3) is 0.350. The van der Waals surface area contributed by atoms with E-state index in [1.165, 1.54) is 0 Å². The van der Waals surface area contributed by atoms with Crippen molar-refractivity contribution >= 4 is 22.5 Å². The van der Waals surface area contributed by atoms with Gasteiger partial charge in [0.15, 0.2) is 0 Å². The van der Waals surface area contributed by atoms with Crippen LogP contribution in [0.5, 0.6) is 0 Å². The molecule has 0 spiro atoms. The Morgan fingerprint density at radius 1 is 1.10 bits per heavy atom. The molecule has 4 heterocycles. The van der Waals surface area contributed by atoms with Gasteiger partial charge in [0.1, 0.15) is 5.69 Å². The number of hydrogen-bond acceptors (Lipinski definition) is 6. The number of alkyl halides is 3. The average Bonchev–Trinajstić information content (AvgIpc) is 3.50. The van der Waals surface area contributed by atoms with Gasteiger partial charge in [-0.2, -0.15) is 18.2 Å². The highest BCUT2D eigenvalue weighted by Gasteiger charge is 2.30. The summed E-state index contributed by atoms with van der Waals surface area (Å²) in [6, 6.07) is 7.32. The fourth-order valence-electron chi connectivity index (χ4n) is 3.76. The molecule has 3 aromatic heterocycles. The Hall–Kier alpha value is -3.50. The van der Waals surface area contributed by atoms with Crippen LogP contribution in [0.1, 0.15) is 35.8 Å². The van der Waals surface area contributed by atoms with E-state index in [-0.39, 0.29) is 29.1 Å². The zero-order valence-electron chi connectivity index (χ0n) is 16.3. The second kappa shape index (κ2) is 7.33. The minimum Gasteiger partial charge on any atom is -0.339 e. The Bertz CT molecular complexity index is 1270. The topological polar surface area (TPSA) is 89.4 Å². The Morgan fingerprint density at radius 3 is 2.65 bits per heavy atom. The summed E-state index contributed by atoms with van der Waals surface area (Å²) in [7, 11) is 0. The number of halogens is 3. The summed E-state index contributed by atoms with van der Waals surface area (Å²) in [5, 5.41) is 3.81. The largest absolute Gasteiger partial charge is 0.389 e. The van der Waals surface area contributed by atoms with Crippen LogP contribution in [0.2, 0.25) is 0 Å². The molecule has 1 aliphatic heterocycles. The van der Waals surface area contributed by atoms with Gasteiger partial charge in [0, 0.05) is 19.5 Å². The van der Waals surface area contributed by atoms with Gasteiger partial charge in [0.05, 0.1) is 29.2 Å². The number of carbonyl (C=O) groups is 1. The molecule has 160 valence electrons. The number of fused-ring (bicyclic) bond motifs is 3. The van der Waals surface area contributed by atoms with Crippen LogP contribution in [0.4, 0.5) is 13.2 Å². The number of amides is 1. The molecule has 0 N–H and O–H groups in total. The zero-order chi connectivity index (χ0) is 21.6. The minimum atomic E-state index is -4.33. The van der Waals surface area contributed by atoms with Gasteiger partial charge in [-0.1, -0.05) is 17.3 Å². The molecule has 8 nitrogen and oxygen atoms in total. The van der Waals surface area contributed by atoms with Gasteiger partial charge in [-0.15, -0.1) is 0 Å². The molecule has 5 rings (SSSR count). The fourth-order valence-corrected chi connectivity index (χ4v) is 3.76. The summed E-state index contributed by atoms with van der Waals surface area (Å²) in [5.74, 6) is -0.162. The van der Waals surface area contributed by atoms with Crippen LogP contribution >= 0.6 is 0 Å². The van der Waals surface area contributed by atoms with Crippen molar-refractivity contribution in [3.05, 3.63) is 42.2 Å². The monoisotopic (exact) mass is 430 g/mol. The van der Waals surface area contributed by atoms with Crippen molar-refractivity contribution in [3.63, 3.8) is 0 Å². The van der Waals surface area contributed by atoms with Gasteiger partial charge in [-0.25, -0.2) is 4.98 Å². The molecule has 1 saturated heterocycles. The summed E-state index contributed by atoms with van der Waals surface area (Å²) in [6.07, 6.45) is -2.41. The SMILES string of the molecule is O=C(c1nc(-c2noc(CCC(F)(F)F)n2)c2cnc3ccccc3n12)N1CCCC1. The van der Waals surface area contributed by atoms with E-state index < -0.39 is 19.0 Å². The van der Waals surface area contributed by atoms with Gasteiger partial charge in [0.2, 0.25) is 17.5 Å². The maximum absolute atomic E-state index is 13.2. The molecule has 1 aliphatic rings. The molecule has 0 atom stereocenters. The van der Waals surface area contributed by atoms with Crippen LogP contribution in [0.15, 0.2) is 35.0 Å². The summed E-state index contributed by atoms with van der Waals surface area (Å²) < 4.78 is 44.2. The molecule has 0 aliphatic carbocycles. The Labute approximate surface area is 173 Å². The Balaban J connectivity index is 1.63. The van der Waals surface area contributed by atoms with Crippen LogP contribution in [0.25, 0.3) is 28.1 Å². The number of aryl methyl sites for hydroxylation is 1. The van der Waals surface area contributed by atoms with E-state index in [1.807, 2.05) is 24.3 Å². The van der Waals surface area contributed by atoms with Crippen LogP contribution in [-0.4, -0.2) is 54.6 Å². The van der Waals surface area contributed by atoms with E-state index in [4.69, 9.17) is 4.52 Å². The van der Waals surface area contributed by atoms with Crippen molar-refractivity contribution in [3.8, 4) is 11.5 Å². The third kappa shape index (κ3) is 3.60. The number of rotatable bonds is 4. The van der Waals surface area contributed by atoms with Crippen LogP contribution in [-0.2, 0) is 6.42 Å². The normalized spacial score (nSPS) is 14.7. The van der Waals surface area contributed by atoms with E-state index in [0.717, 1.165) is 12.8 Å². The van der Waals surface area contributed by atoms with E-state index >= 15 is 0 Å². The van der Waals surface area contributed by atoms with Gasteiger partial charge >= 0.3 is 6.18 Å². The molecule has 0 unspecified atom stereocenters. The molecule has 4 aromatic rings. The molecular weight excluding hydrogens is 413 g/mol. The average molecular weight is 430 g/mol. The van der Waals surface area contributed by atoms with Crippen LogP contribution in [0.3, 0.4) is 0 Å². The number of imidazole rings is 1. The maximum Gasteiger partial charge on any atom is 0.389 e. The first kappa shape index (κ1) is 19.5. The first-order chi connectivity index (χ1) is 14.9. The second-order valence-corrected chi connectivity index (χ2v) is 7.38. The summed E-state index contributed by atoms with van der Waals surface area (Å²) in [5.41, 5.74) is 2.07. The van der Waals surface area contributed by atoms with Crippen LogP contribution < -0.4 is 0 Å². The number of para-hydroxylation sites is 2. The van der Waals surface area contributed by atoms with Crippen molar-refractivity contribution in [2.75, 3.05) is 13.1 Å². The molecule has 31 heavy (non-hydrogen) atoms. The lowest BCUT2D eigenvalue weighted by Crippen LogP contribution is -2.29. The molecular formula is C20H17F3N6O2. The van der Waals surface area contributed by atoms with Gasteiger partial charge in [-0.05, 0) is 25.0 Å². The van der Waals surface area contributed by atoms with Crippen molar-refractivity contribution in [1.82, 2.24) is 29.4 Å². The highest BCUT2D eigenvalue weighted by Crippen LogP contribution is 2.28. The highest BCUT2D eigenvalue weighted by molar-refractivity contribution is 5.96. The Morgan fingerprint density at radius 2 is 1.87 bits per heavy atom. The van der Waals surface area contributed by atoms with E-state index in [2.05, 4.69) is 20.1 Å². The van der Waals surface area contributed by atoms with Crippen LogP contribution in [0, 0.1) is 0 Å². The zero-order valence-corrected chi connectivity index (χ0v) is 16.3. The molecule has 11 heteroatoms. The number of benzene rings is 1. The number of likely N-dealkylation sites (tertiary alicyclic amines) is 1. The molecule has 0 saturated carbocycles. The van der Waals surface area contributed by atoms with Gasteiger partial charge in [0.25, 0.3) is 5.91 Å². The number of hydrogen-bond donors (Lipinski definition) is 0. The molecule has 1 aromatic carbocycles. The Kier molecular flexibility index (Phi) is 4.60. The van der Waals surface area contributed by atoms with Crippen molar-refractivity contribution in [2.45, 2.75) is 31.9 Å². The minimum absolute atomic E-state index is 0.0206.